The van der Waals surface area contributed by atoms with E-state index in [2.05, 4.69) is 30.9 Å². The van der Waals surface area contributed by atoms with Crippen molar-refractivity contribution < 1.29 is 4.79 Å². The van der Waals surface area contributed by atoms with Crippen LogP contribution in [0.5, 0.6) is 0 Å². The zero-order chi connectivity index (χ0) is 12.0. The predicted octanol–water partition coefficient (Wildman–Crippen LogP) is 1.77. The second-order valence-corrected chi connectivity index (χ2v) is 4.27. The van der Waals surface area contributed by atoms with Gasteiger partial charge in [0, 0.05) is 25.6 Å². The molecule has 0 atom stereocenters. The summed E-state index contributed by atoms with van der Waals surface area (Å²) < 4.78 is 0. The number of carbonyl (C=O) groups is 1. The van der Waals surface area contributed by atoms with Crippen LogP contribution < -0.4 is 5.73 Å². The highest BCUT2D eigenvalue weighted by Crippen LogP contribution is 2.08. The zero-order valence-corrected chi connectivity index (χ0v) is 10.0. The lowest BCUT2D eigenvalue weighted by molar-refractivity contribution is -0.118. The van der Waals surface area contributed by atoms with Crippen molar-refractivity contribution in [3.63, 3.8) is 0 Å². The Kier molecular flexibility index (Phi) is 4.99. The molecule has 0 aliphatic heterocycles. The molecule has 0 aliphatic rings. The number of carbonyl (C=O) groups excluding carboxylic acids is 1. The van der Waals surface area contributed by atoms with Gasteiger partial charge >= 0.3 is 0 Å². The Labute approximate surface area is 97.2 Å². The van der Waals surface area contributed by atoms with Crippen molar-refractivity contribution in [3.8, 4) is 0 Å². The number of nitrogens with zero attached hydrogens (tertiary/aromatic N) is 1. The van der Waals surface area contributed by atoms with Crippen molar-refractivity contribution in [2.24, 2.45) is 5.73 Å². The van der Waals surface area contributed by atoms with Gasteiger partial charge in [-0.2, -0.15) is 0 Å². The number of nitrogens with two attached hydrogens (primary N) is 1. The first-order chi connectivity index (χ1) is 7.59. The summed E-state index contributed by atoms with van der Waals surface area (Å²) in [6.07, 6.45) is 0.422. The van der Waals surface area contributed by atoms with Gasteiger partial charge in [-0.1, -0.05) is 30.3 Å². The molecule has 0 spiro atoms. The average Bonchev–Trinajstić information content (AvgIpc) is 2.25. The minimum atomic E-state index is -0.237. The molecule has 0 bridgehead atoms. The van der Waals surface area contributed by atoms with Crippen LogP contribution in [0.15, 0.2) is 30.3 Å². The first-order valence-electron chi connectivity index (χ1n) is 5.66. The van der Waals surface area contributed by atoms with Crippen LogP contribution in [-0.2, 0) is 11.3 Å². The molecule has 0 aromatic heterocycles. The summed E-state index contributed by atoms with van der Waals surface area (Å²) in [5, 5.41) is 0. The van der Waals surface area contributed by atoms with Crippen LogP contribution in [0.4, 0.5) is 0 Å². The summed E-state index contributed by atoms with van der Waals surface area (Å²) in [7, 11) is 0. The number of hydrogen-bond donors (Lipinski definition) is 1. The quantitative estimate of drug-likeness (QED) is 0.794. The van der Waals surface area contributed by atoms with Crippen molar-refractivity contribution in [1.82, 2.24) is 4.90 Å². The molecular weight excluding hydrogens is 200 g/mol. The van der Waals surface area contributed by atoms with Crippen molar-refractivity contribution >= 4 is 5.91 Å². The first-order valence-corrected chi connectivity index (χ1v) is 5.66. The van der Waals surface area contributed by atoms with Gasteiger partial charge in [0.15, 0.2) is 0 Å². The summed E-state index contributed by atoms with van der Waals surface area (Å²) in [4.78, 5) is 13.0. The second-order valence-electron chi connectivity index (χ2n) is 4.27. The molecule has 16 heavy (non-hydrogen) atoms. The van der Waals surface area contributed by atoms with Gasteiger partial charge in [-0.25, -0.2) is 0 Å². The summed E-state index contributed by atoms with van der Waals surface area (Å²) >= 11 is 0. The summed E-state index contributed by atoms with van der Waals surface area (Å²) in [6.45, 7) is 5.85. The average molecular weight is 220 g/mol. The van der Waals surface area contributed by atoms with Gasteiger partial charge in [-0.15, -0.1) is 0 Å². The molecule has 1 rings (SSSR count). The molecule has 0 fully saturated rings. The van der Waals surface area contributed by atoms with E-state index >= 15 is 0 Å². The van der Waals surface area contributed by atoms with E-state index in [-0.39, 0.29) is 5.91 Å². The van der Waals surface area contributed by atoms with Gasteiger partial charge in [0.05, 0.1) is 0 Å². The Morgan fingerprint density at radius 2 is 1.94 bits per heavy atom. The summed E-state index contributed by atoms with van der Waals surface area (Å²) in [5.74, 6) is -0.237. The zero-order valence-electron chi connectivity index (χ0n) is 10.0. The van der Waals surface area contributed by atoms with Gasteiger partial charge in [0.2, 0.25) is 5.91 Å². The molecule has 3 nitrogen and oxygen atoms in total. The number of benzene rings is 1. The van der Waals surface area contributed by atoms with Gasteiger partial charge < -0.3 is 5.73 Å². The highest BCUT2D eigenvalue weighted by molar-refractivity contribution is 5.73. The lowest BCUT2D eigenvalue weighted by Gasteiger charge is -2.25. The third-order valence-electron chi connectivity index (χ3n) is 2.60. The standard InChI is InChI=1S/C13H20N2O/c1-11(2)15(9-8-13(14)16)10-12-6-4-3-5-7-12/h3-7,11H,8-10H2,1-2H3,(H2,14,16). The molecule has 3 heteroatoms. The first kappa shape index (κ1) is 12.7. The monoisotopic (exact) mass is 220 g/mol. The number of rotatable bonds is 6. The maximum absolute atomic E-state index is 10.8. The molecule has 2 N–H and O–H groups in total. The highest BCUT2D eigenvalue weighted by Gasteiger charge is 2.10. The van der Waals surface area contributed by atoms with Crippen LogP contribution >= 0.6 is 0 Å². The van der Waals surface area contributed by atoms with Crippen molar-refractivity contribution in [2.75, 3.05) is 6.54 Å². The van der Waals surface area contributed by atoms with Crippen molar-refractivity contribution in [1.29, 1.82) is 0 Å². The van der Waals surface area contributed by atoms with Crippen LogP contribution in [0.2, 0.25) is 0 Å². The smallest absolute Gasteiger partial charge is 0.218 e. The van der Waals surface area contributed by atoms with E-state index in [1.165, 1.54) is 5.56 Å². The van der Waals surface area contributed by atoms with Crippen molar-refractivity contribution in [3.05, 3.63) is 35.9 Å². The Bertz CT molecular complexity index is 322. The highest BCUT2D eigenvalue weighted by atomic mass is 16.1. The van der Waals surface area contributed by atoms with Crippen LogP contribution in [0.1, 0.15) is 25.8 Å². The van der Waals surface area contributed by atoms with E-state index in [0.717, 1.165) is 13.1 Å². The van der Waals surface area contributed by atoms with E-state index < -0.39 is 0 Å². The Morgan fingerprint density at radius 3 is 2.44 bits per heavy atom. The maximum atomic E-state index is 10.8. The van der Waals surface area contributed by atoms with E-state index in [0.29, 0.717) is 12.5 Å². The molecule has 0 unspecified atom stereocenters. The number of hydrogen-bond acceptors (Lipinski definition) is 2. The lowest BCUT2D eigenvalue weighted by atomic mass is 10.2. The molecule has 0 heterocycles. The molecule has 0 aliphatic carbocycles. The molecule has 1 aromatic carbocycles. The van der Waals surface area contributed by atoms with Crippen LogP contribution in [0.25, 0.3) is 0 Å². The van der Waals surface area contributed by atoms with E-state index in [1.807, 2.05) is 18.2 Å². The fraction of sp³-hybridized carbons (Fsp3) is 0.462. The van der Waals surface area contributed by atoms with Crippen LogP contribution in [0, 0.1) is 0 Å². The topological polar surface area (TPSA) is 46.3 Å². The number of amides is 1. The predicted molar refractivity (Wildman–Crippen MR) is 65.8 cm³/mol. The van der Waals surface area contributed by atoms with Gasteiger partial charge in [-0.3, -0.25) is 9.69 Å². The molecule has 0 saturated heterocycles. The summed E-state index contributed by atoms with van der Waals surface area (Å²) in [5.41, 5.74) is 6.43. The van der Waals surface area contributed by atoms with Crippen molar-refractivity contribution in [2.45, 2.75) is 32.9 Å². The third kappa shape index (κ3) is 4.45. The molecular formula is C13H20N2O. The van der Waals surface area contributed by atoms with Crippen LogP contribution in [-0.4, -0.2) is 23.4 Å². The Morgan fingerprint density at radius 1 is 1.31 bits per heavy atom. The lowest BCUT2D eigenvalue weighted by Crippen LogP contribution is -2.33. The normalized spacial score (nSPS) is 11.0. The summed E-state index contributed by atoms with van der Waals surface area (Å²) in [6, 6.07) is 10.7. The molecule has 1 aromatic rings. The minimum absolute atomic E-state index is 0.237. The largest absolute Gasteiger partial charge is 0.370 e. The molecule has 0 saturated carbocycles. The SMILES string of the molecule is CC(C)N(CCC(N)=O)Cc1ccccc1. The number of primary amides is 1. The maximum Gasteiger partial charge on any atom is 0.218 e. The fourth-order valence-electron chi connectivity index (χ4n) is 1.59. The van der Waals surface area contributed by atoms with Gasteiger partial charge in [-0.05, 0) is 19.4 Å². The molecule has 0 radical (unpaired) electrons. The van der Waals surface area contributed by atoms with E-state index in [9.17, 15) is 4.79 Å². The van der Waals surface area contributed by atoms with Gasteiger partial charge in [0.25, 0.3) is 0 Å². The molecule has 88 valence electrons. The van der Waals surface area contributed by atoms with E-state index in [1.54, 1.807) is 0 Å². The Balaban J connectivity index is 2.54. The second kappa shape index (κ2) is 6.28. The minimum Gasteiger partial charge on any atom is -0.370 e. The van der Waals surface area contributed by atoms with Crippen LogP contribution in [0.3, 0.4) is 0 Å². The third-order valence-corrected chi connectivity index (χ3v) is 2.60. The Hall–Kier alpha value is -1.35. The van der Waals surface area contributed by atoms with Gasteiger partial charge in [0.1, 0.15) is 0 Å². The molecule has 1 amide bonds. The fourth-order valence-corrected chi connectivity index (χ4v) is 1.59. The van der Waals surface area contributed by atoms with E-state index in [4.69, 9.17) is 5.73 Å².